The van der Waals surface area contributed by atoms with Gasteiger partial charge >= 0.3 is 6.01 Å². The van der Waals surface area contributed by atoms with Crippen molar-refractivity contribution in [2.24, 2.45) is 5.92 Å². The van der Waals surface area contributed by atoms with Gasteiger partial charge < -0.3 is 15.5 Å². The Balaban J connectivity index is 1.75. The molecule has 0 aromatic carbocycles. The number of hydrogen-bond acceptors (Lipinski definition) is 5. The van der Waals surface area contributed by atoms with Crippen molar-refractivity contribution in [3.05, 3.63) is 6.33 Å². The Kier molecular flexibility index (Phi) is 2.55. The number of anilines is 1. The van der Waals surface area contributed by atoms with Crippen LogP contribution in [0.25, 0.3) is 11.2 Å². The van der Waals surface area contributed by atoms with Gasteiger partial charge in [0.1, 0.15) is 5.52 Å². The maximum atomic E-state index is 5.78. The summed E-state index contributed by atoms with van der Waals surface area (Å²) >= 11 is 0. The van der Waals surface area contributed by atoms with Crippen LogP contribution in [0.2, 0.25) is 0 Å². The first-order valence-electron chi connectivity index (χ1n) is 5.92. The van der Waals surface area contributed by atoms with E-state index in [-0.39, 0.29) is 0 Å². The summed E-state index contributed by atoms with van der Waals surface area (Å²) in [6.45, 7) is 0.676. The van der Waals surface area contributed by atoms with Crippen LogP contribution in [0.4, 0.5) is 5.82 Å². The van der Waals surface area contributed by atoms with E-state index in [1.165, 1.54) is 25.7 Å². The predicted molar refractivity (Wildman–Crippen MR) is 63.5 cm³/mol. The highest BCUT2D eigenvalue weighted by Crippen LogP contribution is 2.25. The van der Waals surface area contributed by atoms with E-state index in [1.807, 2.05) is 0 Å². The molecule has 6 heteroatoms. The maximum Gasteiger partial charge on any atom is 0.320 e. The molecule has 1 aliphatic carbocycles. The molecule has 1 fully saturated rings. The molecule has 2 aromatic rings. The predicted octanol–water partition coefficient (Wildman–Crippen LogP) is 1.50. The average molecular weight is 233 g/mol. The number of aromatic nitrogens is 4. The summed E-state index contributed by atoms with van der Waals surface area (Å²) in [6.07, 6.45) is 6.63. The second kappa shape index (κ2) is 4.20. The number of nitrogens with one attached hydrogen (secondary N) is 1. The highest BCUT2D eigenvalue weighted by atomic mass is 16.5. The molecular weight excluding hydrogens is 218 g/mol. The number of imidazole rings is 1. The van der Waals surface area contributed by atoms with Crippen LogP contribution in [-0.2, 0) is 0 Å². The van der Waals surface area contributed by atoms with Gasteiger partial charge in [0.05, 0.1) is 12.9 Å². The van der Waals surface area contributed by atoms with Crippen LogP contribution < -0.4 is 10.5 Å². The number of nitrogens with zero attached hydrogens (tertiary/aromatic N) is 3. The zero-order valence-corrected chi connectivity index (χ0v) is 9.52. The third-order valence-electron chi connectivity index (χ3n) is 3.22. The fourth-order valence-corrected chi connectivity index (χ4v) is 2.27. The largest absolute Gasteiger partial charge is 0.463 e. The van der Waals surface area contributed by atoms with E-state index < -0.39 is 0 Å². The molecule has 1 saturated carbocycles. The van der Waals surface area contributed by atoms with Crippen LogP contribution >= 0.6 is 0 Å². The second-order valence-electron chi connectivity index (χ2n) is 4.45. The summed E-state index contributed by atoms with van der Waals surface area (Å²) in [6, 6.07) is 0.328. The Morgan fingerprint density at radius 1 is 1.35 bits per heavy atom. The Morgan fingerprint density at radius 2 is 2.18 bits per heavy atom. The molecule has 0 unspecified atom stereocenters. The molecule has 3 rings (SSSR count). The number of fused-ring (bicyclic) bond motifs is 1. The summed E-state index contributed by atoms with van der Waals surface area (Å²) in [4.78, 5) is 15.3. The van der Waals surface area contributed by atoms with Gasteiger partial charge in [-0.1, -0.05) is 12.8 Å². The van der Waals surface area contributed by atoms with Gasteiger partial charge in [-0.3, -0.25) is 0 Å². The van der Waals surface area contributed by atoms with Crippen molar-refractivity contribution in [3.63, 3.8) is 0 Å². The van der Waals surface area contributed by atoms with Crippen LogP contribution in [0.3, 0.4) is 0 Å². The molecule has 2 aromatic heterocycles. The van der Waals surface area contributed by atoms with Gasteiger partial charge in [-0.05, 0) is 18.8 Å². The SMILES string of the molecule is Nc1nc(OCC2CCCC2)nc2nc[nH]c12. The average Bonchev–Trinajstić information content (AvgIpc) is 2.97. The van der Waals surface area contributed by atoms with E-state index in [0.717, 1.165) is 0 Å². The molecule has 0 atom stereocenters. The lowest BCUT2D eigenvalue weighted by Gasteiger charge is -2.09. The number of nitrogens with two attached hydrogens (primary N) is 1. The second-order valence-corrected chi connectivity index (χ2v) is 4.45. The number of aromatic amines is 1. The third-order valence-corrected chi connectivity index (χ3v) is 3.22. The quantitative estimate of drug-likeness (QED) is 0.838. The number of rotatable bonds is 3. The highest BCUT2D eigenvalue weighted by Gasteiger charge is 2.16. The van der Waals surface area contributed by atoms with Gasteiger partial charge in [-0.25, -0.2) is 4.98 Å². The smallest absolute Gasteiger partial charge is 0.320 e. The Bertz CT molecular complexity index is 518. The molecule has 6 nitrogen and oxygen atoms in total. The van der Waals surface area contributed by atoms with Gasteiger partial charge in [-0.15, -0.1) is 0 Å². The molecule has 0 radical (unpaired) electrons. The van der Waals surface area contributed by atoms with E-state index in [2.05, 4.69) is 19.9 Å². The van der Waals surface area contributed by atoms with Crippen molar-refractivity contribution in [2.75, 3.05) is 12.3 Å². The number of ether oxygens (including phenoxy) is 1. The van der Waals surface area contributed by atoms with Crippen LogP contribution in [0.5, 0.6) is 6.01 Å². The summed E-state index contributed by atoms with van der Waals surface area (Å²) in [7, 11) is 0. The molecule has 0 amide bonds. The topological polar surface area (TPSA) is 89.7 Å². The lowest BCUT2D eigenvalue weighted by atomic mass is 10.1. The number of hydrogen-bond donors (Lipinski definition) is 2. The molecule has 3 N–H and O–H groups in total. The van der Waals surface area contributed by atoms with Crippen molar-refractivity contribution in [1.82, 2.24) is 19.9 Å². The summed E-state index contributed by atoms with van der Waals surface area (Å²) in [5.41, 5.74) is 7.00. The minimum atomic E-state index is 0.328. The first kappa shape index (κ1) is 10.3. The summed E-state index contributed by atoms with van der Waals surface area (Å²) in [5.74, 6) is 1.02. The van der Waals surface area contributed by atoms with Gasteiger partial charge in [0.25, 0.3) is 0 Å². The normalized spacial score (nSPS) is 16.7. The summed E-state index contributed by atoms with van der Waals surface area (Å²) < 4.78 is 5.59. The monoisotopic (exact) mass is 233 g/mol. The van der Waals surface area contributed by atoms with Crippen molar-refractivity contribution in [3.8, 4) is 6.01 Å². The zero-order chi connectivity index (χ0) is 11.7. The van der Waals surface area contributed by atoms with Crippen LogP contribution in [0.1, 0.15) is 25.7 Å². The number of H-pyrrole nitrogens is 1. The molecular formula is C11H15N5O. The van der Waals surface area contributed by atoms with E-state index in [4.69, 9.17) is 10.5 Å². The summed E-state index contributed by atoms with van der Waals surface area (Å²) in [5, 5.41) is 0. The van der Waals surface area contributed by atoms with E-state index in [0.29, 0.717) is 35.5 Å². The molecule has 0 aliphatic heterocycles. The Hall–Kier alpha value is -1.85. The van der Waals surface area contributed by atoms with Crippen molar-refractivity contribution >= 4 is 17.0 Å². The van der Waals surface area contributed by atoms with Gasteiger partial charge in [0, 0.05) is 0 Å². The maximum absolute atomic E-state index is 5.78. The molecule has 0 saturated heterocycles. The van der Waals surface area contributed by atoms with Gasteiger partial charge in [0.15, 0.2) is 11.5 Å². The first-order valence-corrected chi connectivity index (χ1v) is 5.92. The standard InChI is InChI=1S/C11H15N5O/c12-9-8-10(14-6-13-8)16-11(15-9)17-5-7-3-1-2-4-7/h6-7H,1-5H2,(H3,12,13,14,15,16). The van der Waals surface area contributed by atoms with E-state index in [1.54, 1.807) is 6.33 Å². The van der Waals surface area contributed by atoms with Crippen LogP contribution in [-0.4, -0.2) is 26.5 Å². The van der Waals surface area contributed by atoms with E-state index in [9.17, 15) is 0 Å². The van der Waals surface area contributed by atoms with Crippen molar-refractivity contribution in [1.29, 1.82) is 0 Å². The molecule has 17 heavy (non-hydrogen) atoms. The van der Waals surface area contributed by atoms with E-state index >= 15 is 0 Å². The minimum absolute atomic E-state index is 0.328. The minimum Gasteiger partial charge on any atom is -0.463 e. The fraction of sp³-hybridized carbons (Fsp3) is 0.545. The first-order chi connectivity index (χ1) is 8.33. The van der Waals surface area contributed by atoms with Crippen LogP contribution in [0.15, 0.2) is 6.33 Å². The fourth-order valence-electron chi connectivity index (χ4n) is 2.27. The molecule has 0 spiro atoms. The lowest BCUT2D eigenvalue weighted by molar-refractivity contribution is 0.235. The van der Waals surface area contributed by atoms with Crippen LogP contribution in [0, 0.1) is 5.92 Å². The Labute approximate surface area is 98.6 Å². The zero-order valence-electron chi connectivity index (χ0n) is 9.52. The van der Waals surface area contributed by atoms with Gasteiger partial charge in [0.2, 0.25) is 0 Å². The molecule has 90 valence electrons. The number of nitrogen functional groups attached to an aromatic ring is 1. The molecule has 2 heterocycles. The molecule has 0 bridgehead atoms. The highest BCUT2D eigenvalue weighted by molar-refractivity contribution is 5.81. The lowest BCUT2D eigenvalue weighted by Crippen LogP contribution is -2.10. The Morgan fingerprint density at radius 3 is 3.00 bits per heavy atom. The third kappa shape index (κ3) is 2.02. The van der Waals surface area contributed by atoms with Gasteiger partial charge in [-0.2, -0.15) is 9.97 Å². The van der Waals surface area contributed by atoms with Crippen molar-refractivity contribution in [2.45, 2.75) is 25.7 Å². The molecule has 1 aliphatic rings. The van der Waals surface area contributed by atoms with Crippen molar-refractivity contribution < 1.29 is 4.74 Å².